The molecule has 4 aliphatic rings. The Labute approximate surface area is 228 Å². The van der Waals surface area contributed by atoms with Crippen molar-refractivity contribution in [2.75, 3.05) is 19.5 Å². The van der Waals surface area contributed by atoms with Crippen LogP contribution in [0.4, 0.5) is 5.69 Å². The molecule has 6 nitrogen and oxygen atoms in total. The van der Waals surface area contributed by atoms with Crippen molar-refractivity contribution in [1.29, 1.82) is 0 Å². The summed E-state index contributed by atoms with van der Waals surface area (Å²) in [4.78, 5) is 12.9. The fourth-order valence-electron chi connectivity index (χ4n) is 9.85. The lowest BCUT2D eigenvalue weighted by Crippen LogP contribution is -2.58. The average Bonchev–Trinajstić information content (AvgIpc) is 3.25. The van der Waals surface area contributed by atoms with Crippen LogP contribution in [0.25, 0.3) is 0 Å². The maximum atomic E-state index is 12.9. The third kappa shape index (κ3) is 4.74. The Kier molecular flexibility index (Phi) is 7.78. The van der Waals surface area contributed by atoms with E-state index in [0.717, 1.165) is 32.1 Å². The third-order valence-corrected chi connectivity index (χ3v) is 11.9. The molecule has 1 aromatic rings. The monoisotopic (exact) mass is 527 g/mol. The van der Waals surface area contributed by atoms with Crippen LogP contribution in [0.3, 0.4) is 0 Å². The van der Waals surface area contributed by atoms with E-state index in [2.05, 4.69) is 26.1 Å². The summed E-state index contributed by atoms with van der Waals surface area (Å²) in [7, 11) is 3.21. The van der Waals surface area contributed by atoms with Crippen LogP contribution in [0, 0.1) is 46.3 Å². The number of fused-ring (bicyclic) bond motifs is 5. The Balaban J connectivity index is 1.23. The van der Waals surface area contributed by atoms with Gasteiger partial charge >= 0.3 is 0 Å². The average molecular weight is 528 g/mol. The zero-order chi connectivity index (χ0) is 27.2. The van der Waals surface area contributed by atoms with Gasteiger partial charge in [0.25, 0.3) is 0 Å². The normalized spacial score (nSPS) is 40.9. The van der Waals surface area contributed by atoms with Gasteiger partial charge in [0.1, 0.15) is 11.5 Å². The molecule has 1 aromatic carbocycles. The van der Waals surface area contributed by atoms with E-state index < -0.39 is 0 Å². The first-order chi connectivity index (χ1) is 18.1. The van der Waals surface area contributed by atoms with Crippen LogP contribution in [-0.4, -0.2) is 42.5 Å². The van der Waals surface area contributed by atoms with Crippen LogP contribution in [0.15, 0.2) is 18.2 Å². The van der Waals surface area contributed by atoms with Crippen molar-refractivity contribution >= 4 is 11.6 Å². The van der Waals surface area contributed by atoms with Gasteiger partial charge in [-0.05, 0) is 116 Å². The quantitative estimate of drug-likeness (QED) is 0.402. The van der Waals surface area contributed by atoms with Gasteiger partial charge in [0, 0.05) is 12.5 Å². The van der Waals surface area contributed by atoms with Crippen LogP contribution < -0.4 is 14.8 Å². The standard InChI is InChI=1S/C32H49NO5/c1-19(6-11-29(36)33-26-10-7-22(37-4)18-28(26)38-5)23-8-9-24-30-25(13-15-32(23,24)3)31(2)14-12-21(34)16-20(31)17-27(30)35/h7,10,18-21,23-25,27,30,34-35H,6,8-9,11-17H2,1-5H3,(H,33,36)/t19-,20+,21-,23-,24+,25+,27+,30+,31+,32-/m0/s1. The number of carbonyl (C=O) groups is 1. The summed E-state index contributed by atoms with van der Waals surface area (Å²) in [5.74, 6) is 4.32. The molecule has 6 heteroatoms. The van der Waals surface area contributed by atoms with Gasteiger partial charge in [0.2, 0.25) is 5.91 Å². The number of aliphatic hydroxyl groups excluding tert-OH is 2. The molecule has 0 unspecified atom stereocenters. The highest BCUT2D eigenvalue weighted by molar-refractivity contribution is 5.92. The molecule has 4 fully saturated rings. The largest absolute Gasteiger partial charge is 0.497 e. The number of benzene rings is 1. The van der Waals surface area contributed by atoms with Crippen molar-refractivity contribution in [3.05, 3.63) is 18.2 Å². The number of carbonyl (C=O) groups excluding carboxylic acids is 1. The highest BCUT2D eigenvalue weighted by Gasteiger charge is 2.62. The molecule has 0 saturated heterocycles. The number of methoxy groups -OCH3 is 2. The van der Waals surface area contributed by atoms with Crippen molar-refractivity contribution in [3.8, 4) is 11.5 Å². The number of anilines is 1. The van der Waals surface area contributed by atoms with Gasteiger partial charge < -0.3 is 25.0 Å². The zero-order valence-electron chi connectivity index (χ0n) is 24.0. The maximum Gasteiger partial charge on any atom is 0.224 e. The summed E-state index contributed by atoms with van der Waals surface area (Å²) in [5.41, 5.74) is 1.16. The summed E-state index contributed by atoms with van der Waals surface area (Å²) in [6, 6.07) is 5.44. The number of hydrogen-bond donors (Lipinski definition) is 3. The molecule has 0 aliphatic heterocycles. The van der Waals surface area contributed by atoms with Crippen LogP contribution in [0.5, 0.6) is 11.5 Å². The second-order valence-corrected chi connectivity index (χ2v) is 13.6. The number of rotatable bonds is 7. The molecule has 10 atom stereocenters. The number of ether oxygens (including phenoxy) is 2. The minimum absolute atomic E-state index is 0.0184. The molecule has 0 heterocycles. The molecular weight excluding hydrogens is 478 g/mol. The van der Waals surface area contributed by atoms with Gasteiger partial charge in [-0.25, -0.2) is 0 Å². The molecule has 4 aliphatic carbocycles. The second-order valence-electron chi connectivity index (χ2n) is 13.6. The van der Waals surface area contributed by atoms with E-state index in [1.54, 1.807) is 20.3 Å². The number of amides is 1. The highest BCUT2D eigenvalue weighted by Crippen LogP contribution is 2.68. The second kappa shape index (κ2) is 10.6. The minimum Gasteiger partial charge on any atom is -0.497 e. The fraction of sp³-hybridized carbons (Fsp3) is 0.781. The summed E-state index contributed by atoms with van der Waals surface area (Å²) in [6.07, 6.45) is 9.47. The molecule has 212 valence electrons. The van der Waals surface area contributed by atoms with Gasteiger partial charge in [-0.2, -0.15) is 0 Å². The minimum atomic E-state index is -0.243. The van der Waals surface area contributed by atoms with Crippen molar-refractivity contribution in [2.45, 2.75) is 97.2 Å². The Morgan fingerprint density at radius 3 is 2.50 bits per heavy atom. The molecule has 0 bridgehead atoms. The molecule has 0 aromatic heterocycles. The lowest BCUT2D eigenvalue weighted by molar-refractivity contribution is -0.174. The molecule has 1 amide bonds. The maximum absolute atomic E-state index is 12.9. The van der Waals surface area contributed by atoms with Gasteiger partial charge in [-0.3, -0.25) is 4.79 Å². The smallest absolute Gasteiger partial charge is 0.224 e. The van der Waals surface area contributed by atoms with Crippen molar-refractivity contribution in [2.24, 2.45) is 46.3 Å². The van der Waals surface area contributed by atoms with Gasteiger partial charge in [0.05, 0.1) is 32.1 Å². The third-order valence-electron chi connectivity index (χ3n) is 11.9. The number of nitrogens with one attached hydrogen (secondary N) is 1. The SMILES string of the molecule is COc1ccc(NC(=O)CC[C@H](C)[C@@H]2CC[C@@H]3[C@H]4[C@H](O)C[C@H]5C[C@@H](O)CC[C@@]5(C)[C@@H]4CC[C@]32C)c(OC)c1. The van der Waals surface area contributed by atoms with Crippen LogP contribution in [0.1, 0.15) is 85.0 Å². The molecule has 5 rings (SSSR count). The molecule has 0 spiro atoms. The van der Waals surface area contributed by atoms with Crippen molar-refractivity contribution < 1.29 is 24.5 Å². The van der Waals surface area contributed by atoms with E-state index in [1.807, 2.05) is 12.1 Å². The first-order valence-electron chi connectivity index (χ1n) is 15.0. The topological polar surface area (TPSA) is 88.0 Å². The number of hydrogen-bond acceptors (Lipinski definition) is 5. The first kappa shape index (κ1) is 27.8. The van der Waals surface area contributed by atoms with E-state index in [-0.39, 0.29) is 28.9 Å². The van der Waals surface area contributed by atoms with Crippen molar-refractivity contribution in [3.63, 3.8) is 0 Å². The van der Waals surface area contributed by atoms with Crippen LogP contribution in [-0.2, 0) is 4.79 Å². The van der Waals surface area contributed by atoms with Crippen LogP contribution >= 0.6 is 0 Å². The van der Waals surface area contributed by atoms with Crippen LogP contribution in [0.2, 0.25) is 0 Å². The Morgan fingerprint density at radius 1 is 1.03 bits per heavy atom. The molecule has 38 heavy (non-hydrogen) atoms. The Hall–Kier alpha value is -1.79. The van der Waals surface area contributed by atoms with Gasteiger partial charge in [0.15, 0.2) is 0 Å². The number of aliphatic hydroxyl groups is 2. The van der Waals surface area contributed by atoms with Gasteiger partial charge in [-0.1, -0.05) is 20.8 Å². The van der Waals surface area contributed by atoms with E-state index in [0.29, 0.717) is 59.1 Å². The lowest BCUT2D eigenvalue weighted by Gasteiger charge is -2.62. The predicted molar refractivity (Wildman–Crippen MR) is 149 cm³/mol. The Morgan fingerprint density at radius 2 is 1.76 bits per heavy atom. The molecule has 4 saturated carbocycles. The fourth-order valence-corrected chi connectivity index (χ4v) is 9.85. The molecule has 0 radical (unpaired) electrons. The molecule has 3 N–H and O–H groups in total. The zero-order valence-corrected chi connectivity index (χ0v) is 24.0. The predicted octanol–water partition coefficient (Wildman–Crippen LogP) is 6.05. The lowest BCUT2D eigenvalue weighted by atomic mass is 9.43. The summed E-state index contributed by atoms with van der Waals surface area (Å²) in [5, 5.41) is 24.8. The van der Waals surface area contributed by atoms with E-state index >= 15 is 0 Å². The summed E-state index contributed by atoms with van der Waals surface area (Å²) in [6.45, 7) is 7.31. The first-order valence-corrected chi connectivity index (χ1v) is 15.0. The highest BCUT2D eigenvalue weighted by atomic mass is 16.5. The summed E-state index contributed by atoms with van der Waals surface area (Å²) < 4.78 is 10.7. The van der Waals surface area contributed by atoms with Crippen molar-refractivity contribution in [1.82, 2.24) is 0 Å². The Bertz CT molecular complexity index is 1010. The molecular formula is C32H49NO5. The summed E-state index contributed by atoms with van der Waals surface area (Å²) >= 11 is 0. The van der Waals surface area contributed by atoms with E-state index in [9.17, 15) is 15.0 Å². The van der Waals surface area contributed by atoms with E-state index in [1.165, 1.54) is 25.7 Å². The van der Waals surface area contributed by atoms with Gasteiger partial charge in [-0.15, -0.1) is 0 Å². The van der Waals surface area contributed by atoms with E-state index in [4.69, 9.17) is 9.47 Å².